The largest absolute Gasteiger partial charge is 0.369 e. The first-order chi connectivity index (χ1) is 13.1. The number of rotatable bonds is 4. The molecule has 1 amide bonds. The van der Waals surface area contributed by atoms with Crippen molar-refractivity contribution in [2.75, 3.05) is 36.4 Å². The normalized spacial score (nSPS) is 15.4. The van der Waals surface area contributed by atoms with Gasteiger partial charge in [0.05, 0.1) is 0 Å². The number of anilines is 2. The topological polar surface area (TPSA) is 35.6 Å². The molecule has 1 fully saturated rings. The summed E-state index contributed by atoms with van der Waals surface area (Å²) in [4.78, 5) is 17.5. The average molecular weight is 380 g/mol. The van der Waals surface area contributed by atoms with Crippen molar-refractivity contribution in [3.63, 3.8) is 0 Å². The number of carbonyl (C=O) groups excluding carboxylic acids is 1. The van der Waals surface area contributed by atoms with Gasteiger partial charge in [0.1, 0.15) is 0 Å². The molecule has 0 unspecified atom stereocenters. The van der Waals surface area contributed by atoms with E-state index in [1.807, 2.05) is 24.3 Å². The van der Waals surface area contributed by atoms with Gasteiger partial charge in [0, 0.05) is 53.9 Å². The highest BCUT2D eigenvalue weighted by molar-refractivity contribution is 7.17. The average Bonchev–Trinajstić information content (AvgIpc) is 3.16. The second-order valence-corrected chi connectivity index (χ2v) is 8.24. The number of benzene rings is 2. The van der Waals surface area contributed by atoms with Gasteiger partial charge in [0.25, 0.3) is 5.91 Å². The summed E-state index contributed by atoms with van der Waals surface area (Å²) in [5, 5.41) is 6.23. The lowest BCUT2D eigenvalue weighted by Gasteiger charge is -2.38. The number of carbonyl (C=O) groups is 1. The van der Waals surface area contributed by atoms with Gasteiger partial charge in [-0.2, -0.15) is 0 Å². The molecule has 1 N–H and O–H groups in total. The molecule has 140 valence electrons. The fraction of sp³-hybridized carbons (Fsp3) is 0.318. The minimum absolute atomic E-state index is 0.0687. The molecule has 0 radical (unpaired) electrons. The third-order valence-corrected chi connectivity index (χ3v) is 6.15. The lowest BCUT2D eigenvalue weighted by Crippen LogP contribution is -2.48. The fourth-order valence-electron chi connectivity index (χ4n) is 3.57. The molecule has 0 bridgehead atoms. The van der Waals surface area contributed by atoms with E-state index in [1.54, 1.807) is 11.3 Å². The van der Waals surface area contributed by atoms with Crippen molar-refractivity contribution in [2.45, 2.75) is 19.9 Å². The van der Waals surface area contributed by atoms with E-state index in [4.69, 9.17) is 0 Å². The summed E-state index contributed by atoms with van der Waals surface area (Å²) < 4.78 is 1.23. The molecule has 1 aliphatic heterocycles. The Bertz CT molecular complexity index is 924. The minimum atomic E-state index is -0.0687. The number of thiophene rings is 1. The van der Waals surface area contributed by atoms with E-state index in [0.29, 0.717) is 11.6 Å². The van der Waals surface area contributed by atoms with E-state index >= 15 is 0 Å². The molecule has 2 heterocycles. The Hall–Kier alpha value is -2.37. The van der Waals surface area contributed by atoms with E-state index < -0.39 is 0 Å². The third-order valence-electron chi connectivity index (χ3n) is 5.25. The Labute approximate surface area is 164 Å². The van der Waals surface area contributed by atoms with Gasteiger partial charge in [-0.15, -0.1) is 11.3 Å². The Morgan fingerprint density at radius 1 is 1.00 bits per heavy atom. The van der Waals surface area contributed by atoms with E-state index in [-0.39, 0.29) is 5.91 Å². The summed E-state index contributed by atoms with van der Waals surface area (Å²) >= 11 is 1.71. The maximum absolute atomic E-state index is 12.6. The first-order valence-electron chi connectivity index (χ1n) is 9.48. The van der Waals surface area contributed by atoms with Gasteiger partial charge < -0.3 is 10.2 Å². The zero-order chi connectivity index (χ0) is 18.8. The van der Waals surface area contributed by atoms with Gasteiger partial charge in [-0.05, 0) is 73.1 Å². The van der Waals surface area contributed by atoms with Gasteiger partial charge in [0.2, 0.25) is 0 Å². The lowest BCUT2D eigenvalue weighted by atomic mass is 10.1. The summed E-state index contributed by atoms with van der Waals surface area (Å²) in [5.41, 5.74) is 2.71. The van der Waals surface area contributed by atoms with Crippen LogP contribution in [0.2, 0.25) is 0 Å². The van der Waals surface area contributed by atoms with Crippen LogP contribution < -0.4 is 10.2 Å². The fourth-order valence-corrected chi connectivity index (χ4v) is 4.34. The molecule has 1 aromatic heterocycles. The molecule has 27 heavy (non-hydrogen) atoms. The summed E-state index contributed by atoms with van der Waals surface area (Å²) in [7, 11) is 0. The zero-order valence-corrected chi connectivity index (χ0v) is 16.6. The molecule has 0 spiro atoms. The number of nitrogens with one attached hydrogen (secondary N) is 1. The maximum atomic E-state index is 12.6. The van der Waals surface area contributed by atoms with Gasteiger partial charge in [-0.25, -0.2) is 0 Å². The highest BCUT2D eigenvalue weighted by Crippen LogP contribution is 2.24. The molecule has 4 rings (SSSR count). The molecular weight excluding hydrogens is 354 g/mol. The predicted octanol–water partition coefficient (Wildman–Crippen LogP) is 4.68. The van der Waals surface area contributed by atoms with Crippen LogP contribution in [0.15, 0.2) is 53.9 Å². The van der Waals surface area contributed by atoms with E-state index in [1.165, 1.54) is 10.4 Å². The Morgan fingerprint density at radius 3 is 2.44 bits per heavy atom. The molecule has 0 saturated carbocycles. The highest BCUT2D eigenvalue weighted by atomic mass is 32.1. The molecule has 4 nitrogen and oxygen atoms in total. The molecule has 2 aromatic carbocycles. The number of nitrogens with zero attached hydrogens (tertiary/aromatic N) is 2. The summed E-state index contributed by atoms with van der Waals surface area (Å²) in [6.07, 6.45) is 0. The summed E-state index contributed by atoms with van der Waals surface area (Å²) in [6, 6.07) is 16.7. The first-order valence-corrected chi connectivity index (χ1v) is 10.4. The lowest BCUT2D eigenvalue weighted by molar-refractivity contribution is 0.102. The van der Waals surface area contributed by atoms with Crippen LogP contribution >= 0.6 is 11.3 Å². The van der Waals surface area contributed by atoms with Gasteiger partial charge >= 0.3 is 0 Å². The van der Waals surface area contributed by atoms with Crippen molar-refractivity contribution < 1.29 is 4.79 Å². The minimum Gasteiger partial charge on any atom is -0.369 e. The number of hydrogen-bond acceptors (Lipinski definition) is 4. The monoisotopic (exact) mass is 379 g/mol. The summed E-state index contributed by atoms with van der Waals surface area (Å²) in [6.45, 7) is 8.74. The maximum Gasteiger partial charge on any atom is 0.255 e. The van der Waals surface area contributed by atoms with Crippen LogP contribution in [0.25, 0.3) is 10.1 Å². The molecule has 1 saturated heterocycles. The standard InChI is InChI=1S/C22H25N3OS/c1-16(2)24-10-12-25(13-11-24)20-6-3-17(4-7-20)22(26)23-19-5-8-21-18(15-19)9-14-27-21/h3-9,14-16H,10-13H2,1-2H3,(H,23,26). The molecule has 3 aromatic rings. The quantitative estimate of drug-likeness (QED) is 0.715. The van der Waals surface area contributed by atoms with Crippen LogP contribution in [0.5, 0.6) is 0 Å². The Morgan fingerprint density at radius 2 is 1.74 bits per heavy atom. The van der Waals surface area contributed by atoms with E-state index in [9.17, 15) is 4.79 Å². The Kier molecular flexibility index (Phi) is 5.14. The van der Waals surface area contributed by atoms with Crippen LogP contribution in [0.3, 0.4) is 0 Å². The molecular formula is C22H25N3OS. The van der Waals surface area contributed by atoms with Crippen molar-refractivity contribution in [1.82, 2.24) is 4.90 Å². The highest BCUT2D eigenvalue weighted by Gasteiger charge is 2.19. The van der Waals surface area contributed by atoms with Crippen LogP contribution in [-0.4, -0.2) is 43.0 Å². The van der Waals surface area contributed by atoms with Crippen molar-refractivity contribution >= 4 is 38.7 Å². The number of piperazine rings is 1. The smallest absolute Gasteiger partial charge is 0.255 e. The first kappa shape index (κ1) is 18.0. The molecule has 0 atom stereocenters. The van der Waals surface area contributed by atoms with Gasteiger partial charge in [-0.1, -0.05) is 0 Å². The second-order valence-electron chi connectivity index (χ2n) is 7.29. The summed E-state index contributed by atoms with van der Waals surface area (Å²) in [5.74, 6) is -0.0687. The van der Waals surface area contributed by atoms with Crippen LogP contribution in [0.1, 0.15) is 24.2 Å². The van der Waals surface area contributed by atoms with Crippen molar-refractivity contribution in [2.24, 2.45) is 0 Å². The number of hydrogen-bond donors (Lipinski definition) is 1. The van der Waals surface area contributed by atoms with Crippen molar-refractivity contribution in [3.05, 3.63) is 59.5 Å². The van der Waals surface area contributed by atoms with Gasteiger partial charge in [-0.3, -0.25) is 9.69 Å². The van der Waals surface area contributed by atoms with Gasteiger partial charge in [0.15, 0.2) is 0 Å². The van der Waals surface area contributed by atoms with Crippen molar-refractivity contribution in [3.8, 4) is 0 Å². The van der Waals surface area contributed by atoms with E-state index in [2.05, 4.69) is 58.6 Å². The molecule has 0 aliphatic carbocycles. The van der Waals surface area contributed by atoms with Crippen LogP contribution in [-0.2, 0) is 0 Å². The SMILES string of the molecule is CC(C)N1CCN(c2ccc(C(=O)Nc3ccc4sccc4c3)cc2)CC1. The number of fused-ring (bicyclic) bond motifs is 1. The van der Waals surface area contributed by atoms with Crippen LogP contribution in [0.4, 0.5) is 11.4 Å². The Balaban J connectivity index is 1.40. The third kappa shape index (κ3) is 3.99. The second kappa shape index (κ2) is 7.71. The molecule has 1 aliphatic rings. The molecule has 5 heteroatoms. The van der Waals surface area contributed by atoms with E-state index in [0.717, 1.165) is 37.3 Å². The van der Waals surface area contributed by atoms with Crippen LogP contribution in [0, 0.1) is 0 Å². The number of amides is 1. The zero-order valence-electron chi connectivity index (χ0n) is 15.8. The van der Waals surface area contributed by atoms with Crippen molar-refractivity contribution in [1.29, 1.82) is 0 Å². The predicted molar refractivity (Wildman–Crippen MR) is 115 cm³/mol.